The molecule has 21 heavy (non-hydrogen) atoms. The van der Waals surface area contributed by atoms with Crippen LogP contribution in [0.1, 0.15) is 52.5 Å². The van der Waals surface area contributed by atoms with E-state index >= 15 is 0 Å². The van der Waals surface area contributed by atoms with Gasteiger partial charge in [0.15, 0.2) is 0 Å². The first kappa shape index (κ1) is 18.0. The molecular weight excluding hydrogens is 284 g/mol. The SMILES string of the molecule is CC(NC(CNC(=O)OC(C)(C)C)C(C)C)c1cccs1. The molecule has 2 atom stereocenters. The first-order valence-corrected chi connectivity index (χ1v) is 8.33. The van der Waals surface area contributed by atoms with Crippen molar-refractivity contribution in [1.29, 1.82) is 0 Å². The van der Waals surface area contributed by atoms with Crippen LogP contribution in [-0.2, 0) is 4.74 Å². The predicted molar refractivity (Wildman–Crippen MR) is 88.7 cm³/mol. The summed E-state index contributed by atoms with van der Waals surface area (Å²) in [6.07, 6.45) is -0.362. The number of nitrogens with one attached hydrogen (secondary N) is 2. The zero-order valence-corrected chi connectivity index (χ0v) is 14.7. The summed E-state index contributed by atoms with van der Waals surface area (Å²) in [5.74, 6) is 0.419. The molecule has 2 N–H and O–H groups in total. The number of carbonyl (C=O) groups excluding carboxylic acids is 1. The van der Waals surface area contributed by atoms with Crippen molar-refractivity contribution in [3.63, 3.8) is 0 Å². The highest BCUT2D eigenvalue weighted by atomic mass is 32.1. The van der Waals surface area contributed by atoms with E-state index in [2.05, 4.69) is 48.9 Å². The number of amides is 1. The third-order valence-electron chi connectivity index (χ3n) is 3.10. The summed E-state index contributed by atoms with van der Waals surface area (Å²) in [5.41, 5.74) is -0.463. The number of thiophene rings is 1. The van der Waals surface area contributed by atoms with E-state index in [1.165, 1.54) is 4.88 Å². The molecule has 5 heteroatoms. The first-order chi connectivity index (χ1) is 9.69. The summed E-state index contributed by atoms with van der Waals surface area (Å²) >= 11 is 1.74. The molecule has 1 aromatic rings. The molecule has 1 amide bonds. The van der Waals surface area contributed by atoms with Gasteiger partial charge in [-0.15, -0.1) is 11.3 Å². The molecule has 120 valence electrons. The van der Waals surface area contributed by atoms with Crippen molar-refractivity contribution in [2.45, 2.75) is 59.2 Å². The Hall–Kier alpha value is -1.07. The van der Waals surface area contributed by atoms with Gasteiger partial charge >= 0.3 is 6.09 Å². The van der Waals surface area contributed by atoms with Crippen molar-refractivity contribution in [2.24, 2.45) is 5.92 Å². The molecule has 0 aliphatic heterocycles. The molecule has 0 saturated carbocycles. The summed E-state index contributed by atoms with van der Waals surface area (Å²) in [5, 5.41) is 8.51. The second kappa shape index (κ2) is 7.80. The fraction of sp³-hybridized carbons (Fsp3) is 0.688. The van der Waals surface area contributed by atoms with Crippen molar-refractivity contribution < 1.29 is 9.53 Å². The summed E-state index contributed by atoms with van der Waals surface area (Å²) in [6, 6.07) is 4.66. The largest absolute Gasteiger partial charge is 0.444 e. The Morgan fingerprint density at radius 1 is 1.33 bits per heavy atom. The minimum absolute atomic E-state index is 0.203. The van der Waals surface area contributed by atoms with Crippen LogP contribution >= 0.6 is 11.3 Å². The van der Waals surface area contributed by atoms with Crippen LogP contribution in [0.3, 0.4) is 0 Å². The molecule has 0 bridgehead atoms. The molecular formula is C16H28N2O2S. The second-order valence-corrected chi connectivity index (χ2v) is 7.62. The number of rotatable bonds is 6. The average molecular weight is 312 g/mol. The van der Waals surface area contributed by atoms with E-state index < -0.39 is 5.60 Å². The molecule has 0 aliphatic carbocycles. The van der Waals surface area contributed by atoms with Gasteiger partial charge in [0.1, 0.15) is 5.60 Å². The number of alkyl carbamates (subject to hydrolysis) is 1. The Balaban J connectivity index is 2.49. The van der Waals surface area contributed by atoms with Gasteiger partial charge in [0.25, 0.3) is 0 Å². The maximum atomic E-state index is 11.7. The van der Waals surface area contributed by atoms with E-state index in [1.54, 1.807) is 11.3 Å². The summed E-state index contributed by atoms with van der Waals surface area (Å²) in [6.45, 7) is 12.6. The summed E-state index contributed by atoms with van der Waals surface area (Å²) in [4.78, 5) is 13.0. The van der Waals surface area contributed by atoms with Crippen LogP contribution in [0.15, 0.2) is 17.5 Å². The Labute approximate surface area is 132 Å². The molecule has 0 aromatic carbocycles. The van der Waals surface area contributed by atoms with Crippen molar-refractivity contribution >= 4 is 17.4 Å². The molecule has 1 rings (SSSR count). The Morgan fingerprint density at radius 2 is 2.00 bits per heavy atom. The lowest BCUT2D eigenvalue weighted by atomic mass is 10.0. The van der Waals surface area contributed by atoms with Crippen LogP contribution in [0, 0.1) is 5.92 Å². The van der Waals surface area contributed by atoms with Crippen molar-refractivity contribution in [3.05, 3.63) is 22.4 Å². The molecule has 4 nitrogen and oxygen atoms in total. The molecule has 1 aromatic heterocycles. The van der Waals surface area contributed by atoms with Gasteiger partial charge in [0, 0.05) is 23.5 Å². The van der Waals surface area contributed by atoms with Crippen LogP contribution in [0.5, 0.6) is 0 Å². The monoisotopic (exact) mass is 312 g/mol. The number of hydrogen-bond acceptors (Lipinski definition) is 4. The molecule has 2 unspecified atom stereocenters. The molecule has 0 spiro atoms. The summed E-state index contributed by atoms with van der Waals surface area (Å²) < 4.78 is 5.27. The molecule has 0 fully saturated rings. The topological polar surface area (TPSA) is 50.4 Å². The summed E-state index contributed by atoms with van der Waals surface area (Å²) in [7, 11) is 0. The van der Waals surface area contributed by atoms with Gasteiger partial charge in [0.2, 0.25) is 0 Å². The fourth-order valence-electron chi connectivity index (χ4n) is 1.94. The lowest BCUT2D eigenvalue weighted by Crippen LogP contribution is -2.46. The van der Waals surface area contributed by atoms with Crippen LogP contribution in [0.25, 0.3) is 0 Å². The average Bonchev–Trinajstić information content (AvgIpc) is 2.85. The van der Waals surface area contributed by atoms with Crippen LogP contribution in [0.4, 0.5) is 4.79 Å². The molecule has 1 heterocycles. The minimum Gasteiger partial charge on any atom is -0.444 e. The number of hydrogen-bond donors (Lipinski definition) is 2. The van der Waals surface area contributed by atoms with Gasteiger partial charge in [-0.2, -0.15) is 0 Å². The highest BCUT2D eigenvalue weighted by Crippen LogP contribution is 2.19. The lowest BCUT2D eigenvalue weighted by Gasteiger charge is -2.27. The van der Waals surface area contributed by atoms with Gasteiger partial charge in [-0.25, -0.2) is 4.79 Å². The van der Waals surface area contributed by atoms with E-state index in [9.17, 15) is 4.79 Å². The quantitative estimate of drug-likeness (QED) is 0.836. The fourth-order valence-corrected chi connectivity index (χ4v) is 2.68. The minimum atomic E-state index is -0.463. The van der Waals surface area contributed by atoms with Gasteiger partial charge in [-0.3, -0.25) is 0 Å². The highest BCUT2D eigenvalue weighted by molar-refractivity contribution is 7.10. The van der Waals surface area contributed by atoms with Crippen molar-refractivity contribution in [1.82, 2.24) is 10.6 Å². The standard InChI is InChI=1S/C16H28N2O2S/c1-11(2)13(10-17-15(19)20-16(4,5)6)18-12(3)14-8-7-9-21-14/h7-9,11-13,18H,10H2,1-6H3,(H,17,19). The smallest absolute Gasteiger partial charge is 0.407 e. The third kappa shape index (κ3) is 6.96. The van der Waals surface area contributed by atoms with E-state index in [0.29, 0.717) is 12.5 Å². The van der Waals surface area contributed by atoms with Gasteiger partial charge in [-0.05, 0) is 45.1 Å². The van der Waals surface area contributed by atoms with E-state index in [0.717, 1.165) is 0 Å². The third-order valence-corrected chi connectivity index (χ3v) is 4.16. The lowest BCUT2D eigenvalue weighted by molar-refractivity contribution is 0.0518. The van der Waals surface area contributed by atoms with Gasteiger partial charge < -0.3 is 15.4 Å². The number of carbonyl (C=O) groups is 1. The Kier molecular flexibility index (Phi) is 6.68. The van der Waals surface area contributed by atoms with Crippen LogP contribution in [-0.4, -0.2) is 24.3 Å². The Morgan fingerprint density at radius 3 is 2.48 bits per heavy atom. The normalized spacial score (nSPS) is 14.8. The molecule has 0 radical (unpaired) electrons. The van der Waals surface area contributed by atoms with E-state index in [-0.39, 0.29) is 18.2 Å². The highest BCUT2D eigenvalue weighted by Gasteiger charge is 2.20. The van der Waals surface area contributed by atoms with Gasteiger partial charge in [-0.1, -0.05) is 19.9 Å². The van der Waals surface area contributed by atoms with Crippen molar-refractivity contribution in [3.8, 4) is 0 Å². The maximum absolute atomic E-state index is 11.7. The van der Waals surface area contributed by atoms with Crippen molar-refractivity contribution in [2.75, 3.05) is 6.54 Å². The van der Waals surface area contributed by atoms with E-state index in [1.807, 2.05) is 20.8 Å². The van der Waals surface area contributed by atoms with Gasteiger partial charge in [0.05, 0.1) is 0 Å². The first-order valence-electron chi connectivity index (χ1n) is 7.45. The Bertz CT molecular complexity index is 424. The second-order valence-electron chi connectivity index (χ2n) is 6.64. The zero-order chi connectivity index (χ0) is 16.0. The molecule has 0 aliphatic rings. The van der Waals surface area contributed by atoms with E-state index in [4.69, 9.17) is 4.74 Å². The van der Waals surface area contributed by atoms with Crippen LogP contribution in [0.2, 0.25) is 0 Å². The molecule has 0 saturated heterocycles. The maximum Gasteiger partial charge on any atom is 0.407 e. The van der Waals surface area contributed by atoms with Crippen LogP contribution < -0.4 is 10.6 Å². The number of ether oxygens (including phenoxy) is 1. The predicted octanol–water partition coefficient (Wildman–Crippen LogP) is 3.95. The zero-order valence-electron chi connectivity index (χ0n) is 13.9.